The molecule has 0 heterocycles. The van der Waals surface area contributed by atoms with E-state index in [2.05, 4.69) is 10.0 Å². The summed E-state index contributed by atoms with van der Waals surface area (Å²) in [5.41, 5.74) is 7.81. The number of amides is 2. The fraction of sp³-hybridized carbons (Fsp3) is 0. The first-order valence-electron chi connectivity index (χ1n) is 1.71. The lowest BCUT2D eigenvalue weighted by molar-refractivity contribution is 0.158. The minimum atomic E-state index is -2.46. The topological polar surface area (TPSA) is 114 Å². The maximum absolute atomic E-state index is 9.77. The van der Waals surface area contributed by atoms with Crippen molar-refractivity contribution in [3.05, 3.63) is 0 Å². The zero-order valence-electron chi connectivity index (χ0n) is 4.16. The average Bonchev–Trinajstić information content (AvgIpc) is 1.63. The van der Waals surface area contributed by atoms with Gasteiger partial charge in [-0.1, -0.05) is 5.59 Å². The first-order chi connectivity index (χ1) is 4.13. The van der Waals surface area contributed by atoms with Gasteiger partial charge in [0.2, 0.25) is 0 Å². The number of primary amides is 1. The van der Waals surface area contributed by atoms with Crippen LogP contribution in [0.1, 0.15) is 0 Å². The molecule has 8 heteroatoms. The predicted molar refractivity (Wildman–Crippen MR) is 27.7 cm³/mol. The molecule has 0 rings (SSSR count). The number of hydrazine groups is 1. The van der Waals surface area contributed by atoms with Gasteiger partial charge in [-0.25, -0.2) is 10.2 Å². The van der Waals surface area contributed by atoms with E-state index in [0.717, 1.165) is 0 Å². The minimum Gasteiger partial charge on any atom is -0.350 e. The van der Waals surface area contributed by atoms with Crippen LogP contribution in [0.15, 0.2) is 0 Å². The molecule has 5 N–H and O–H groups in total. The molecule has 0 radical (unpaired) electrons. The first-order valence-corrected chi connectivity index (χ1v) is 2.74. The summed E-state index contributed by atoms with van der Waals surface area (Å²) < 4.78 is 21.2. The molecule has 0 saturated carbocycles. The molecule has 54 valence electrons. The van der Waals surface area contributed by atoms with Gasteiger partial charge in [0.1, 0.15) is 0 Å². The van der Waals surface area contributed by atoms with Crippen LogP contribution in [-0.2, 0) is 15.6 Å². The molecule has 0 aromatic heterocycles. The smallest absolute Gasteiger partial charge is 0.328 e. The van der Waals surface area contributed by atoms with Crippen molar-refractivity contribution in [1.82, 2.24) is 11.0 Å². The summed E-state index contributed by atoms with van der Waals surface area (Å²) in [6, 6.07) is -0.916. The van der Waals surface area contributed by atoms with Crippen molar-refractivity contribution >= 4 is 17.4 Å². The van der Waals surface area contributed by atoms with Crippen LogP contribution >= 0.6 is 0 Å². The van der Waals surface area contributed by atoms with Crippen molar-refractivity contribution in [3.8, 4) is 0 Å². The summed E-state index contributed by atoms with van der Waals surface area (Å²) in [5.74, 6) is 0. The summed E-state index contributed by atoms with van der Waals surface area (Å²) >= 11 is -2.46. The van der Waals surface area contributed by atoms with E-state index < -0.39 is 17.4 Å². The van der Waals surface area contributed by atoms with E-state index in [1.807, 2.05) is 0 Å². The molecule has 0 saturated heterocycles. The molecule has 0 aliphatic carbocycles. The van der Waals surface area contributed by atoms with Gasteiger partial charge in [0, 0.05) is 0 Å². The SMILES string of the molecule is NC(=O)NNOS(=O)O. The Labute approximate surface area is 53.0 Å². The summed E-state index contributed by atoms with van der Waals surface area (Å²) in [4.78, 5) is 9.77. The highest BCUT2D eigenvalue weighted by Gasteiger charge is 1.91. The number of hydrogen-bond donors (Lipinski definition) is 4. The zero-order chi connectivity index (χ0) is 7.28. The molecule has 1 atom stereocenters. The number of carbonyl (C=O) groups is 1. The number of rotatable bonds is 3. The predicted octanol–water partition coefficient (Wildman–Crippen LogP) is -1.77. The third-order valence-corrected chi connectivity index (χ3v) is 0.513. The summed E-state index contributed by atoms with van der Waals surface area (Å²) in [6.07, 6.45) is 0. The monoisotopic (exact) mass is 155 g/mol. The van der Waals surface area contributed by atoms with E-state index in [0.29, 0.717) is 0 Å². The van der Waals surface area contributed by atoms with Gasteiger partial charge in [-0.05, 0) is 0 Å². The van der Waals surface area contributed by atoms with E-state index in [1.165, 1.54) is 0 Å². The second-order valence-corrected chi connectivity index (χ2v) is 1.49. The molecule has 9 heavy (non-hydrogen) atoms. The Morgan fingerprint density at radius 1 is 1.78 bits per heavy atom. The molecule has 0 aromatic carbocycles. The highest BCUT2D eigenvalue weighted by Crippen LogP contribution is 1.66. The van der Waals surface area contributed by atoms with Gasteiger partial charge in [-0.2, -0.15) is 8.49 Å². The summed E-state index contributed by atoms with van der Waals surface area (Å²) in [5, 5.41) is 0. The van der Waals surface area contributed by atoms with Crippen LogP contribution in [0.3, 0.4) is 0 Å². The van der Waals surface area contributed by atoms with Crippen LogP contribution in [0.5, 0.6) is 0 Å². The molecular weight excluding hydrogens is 150 g/mol. The number of nitrogens with two attached hydrogens (primary N) is 1. The van der Waals surface area contributed by atoms with Gasteiger partial charge in [-0.15, -0.1) is 0 Å². The number of carbonyl (C=O) groups excluding carboxylic acids is 1. The van der Waals surface area contributed by atoms with Crippen molar-refractivity contribution in [3.63, 3.8) is 0 Å². The molecule has 2 amide bonds. The molecule has 1 unspecified atom stereocenters. The van der Waals surface area contributed by atoms with E-state index in [4.69, 9.17) is 4.55 Å². The Morgan fingerprint density at radius 3 is 2.67 bits per heavy atom. The largest absolute Gasteiger partial charge is 0.350 e. The van der Waals surface area contributed by atoms with Crippen molar-refractivity contribution < 1.29 is 17.8 Å². The van der Waals surface area contributed by atoms with Crippen molar-refractivity contribution in [2.45, 2.75) is 0 Å². The molecule has 0 spiro atoms. The van der Waals surface area contributed by atoms with Gasteiger partial charge in [0.05, 0.1) is 0 Å². The number of urea groups is 1. The Bertz CT molecular complexity index is 111. The molecule has 7 nitrogen and oxygen atoms in total. The molecule has 0 aromatic rings. The zero-order valence-corrected chi connectivity index (χ0v) is 4.97. The van der Waals surface area contributed by atoms with E-state index in [1.54, 1.807) is 11.0 Å². The van der Waals surface area contributed by atoms with E-state index in [-0.39, 0.29) is 0 Å². The van der Waals surface area contributed by atoms with Gasteiger partial charge in [0.25, 0.3) is 0 Å². The third-order valence-electron chi connectivity index (χ3n) is 0.287. The van der Waals surface area contributed by atoms with Crippen LogP contribution in [0.2, 0.25) is 0 Å². The fourth-order valence-corrected chi connectivity index (χ4v) is 0.220. The van der Waals surface area contributed by atoms with Crippen molar-refractivity contribution in [1.29, 1.82) is 0 Å². The standard InChI is InChI=1S/CH5N3O4S/c2-1(5)3-4-8-9(6)7/h4H,(H,6,7)(H3,2,3,5). The molecule has 0 fully saturated rings. The second-order valence-electron chi connectivity index (χ2n) is 0.892. The lowest BCUT2D eigenvalue weighted by Gasteiger charge is -1.97. The molecular formula is CH5N3O4S. The van der Waals surface area contributed by atoms with Gasteiger partial charge in [-0.3, -0.25) is 4.55 Å². The Hall–Kier alpha value is -0.700. The maximum Gasteiger partial charge on any atom is 0.328 e. The number of hydrogen-bond acceptors (Lipinski definition) is 4. The first kappa shape index (κ1) is 8.30. The molecule has 0 aliphatic heterocycles. The van der Waals surface area contributed by atoms with Gasteiger partial charge in [0.15, 0.2) is 0 Å². The molecule has 0 aliphatic rings. The normalized spacial score (nSPS) is 12.6. The average molecular weight is 155 g/mol. The fourth-order valence-electron chi connectivity index (χ4n) is 0.107. The van der Waals surface area contributed by atoms with Crippen molar-refractivity contribution in [2.24, 2.45) is 5.73 Å². The Kier molecular flexibility index (Phi) is 3.88. The molecule has 0 bridgehead atoms. The van der Waals surface area contributed by atoms with Crippen LogP contribution < -0.4 is 16.7 Å². The third kappa shape index (κ3) is 7.30. The van der Waals surface area contributed by atoms with Gasteiger partial charge >= 0.3 is 17.4 Å². The van der Waals surface area contributed by atoms with Crippen LogP contribution in [0.4, 0.5) is 4.79 Å². The lowest BCUT2D eigenvalue weighted by Crippen LogP contribution is -2.41. The Balaban J connectivity index is 3.10. The highest BCUT2D eigenvalue weighted by atomic mass is 32.2. The Morgan fingerprint density at radius 2 is 2.33 bits per heavy atom. The lowest BCUT2D eigenvalue weighted by atomic mass is 11.2. The highest BCUT2D eigenvalue weighted by molar-refractivity contribution is 7.74. The van der Waals surface area contributed by atoms with Crippen LogP contribution in [0, 0.1) is 0 Å². The van der Waals surface area contributed by atoms with Crippen molar-refractivity contribution in [2.75, 3.05) is 0 Å². The van der Waals surface area contributed by atoms with Crippen LogP contribution in [0.25, 0.3) is 0 Å². The van der Waals surface area contributed by atoms with Gasteiger partial charge < -0.3 is 5.73 Å². The van der Waals surface area contributed by atoms with E-state index in [9.17, 15) is 9.00 Å². The maximum atomic E-state index is 9.77. The quantitative estimate of drug-likeness (QED) is 0.284. The summed E-state index contributed by atoms with van der Waals surface area (Å²) in [7, 11) is 0. The minimum absolute atomic E-state index is 0.916. The van der Waals surface area contributed by atoms with Crippen LogP contribution in [-0.4, -0.2) is 14.8 Å². The van der Waals surface area contributed by atoms with E-state index >= 15 is 0 Å². The summed E-state index contributed by atoms with van der Waals surface area (Å²) in [6.45, 7) is 0. The second kappa shape index (κ2) is 4.21. The number of nitrogens with one attached hydrogen (secondary N) is 2.